The molecule has 1 N–H and O–H groups in total. The van der Waals surface area contributed by atoms with Gasteiger partial charge in [0.2, 0.25) is 0 Å². The molecular formula is C26H32N4O3S. The second kappa shape index (κ2) is 9.26. The Bertz CT molecular complexity index is 1260. The smallest absolute Gasteiger partial charge is 0.262 e. The highest BCUT2D eigenvalue weighted by Gasteiger charge is 2.50. The van der Waals surface area contributed by atoms with E-state index in [1.54, 1.807) is 22.1 Å². The lowest BCUT2D eigenvalue weighted by Gasteiger charge is -2.57. The van der Waals surface area contributed by atoms with Crippen LogP contribution in [-0.4, -0.2) is 70.6 Å². The molecule has 2 aromatic carbocycles. The van der Waals surface area contributed by atoms with E-state index < -0.39 is 10.0 Å². The predicted octanol–water partition coefficient (Wildman–Crippen LogP) is 3.01. The first-order valence-corrected chi connectivity index (χ1v) is 13.3. The summed E-state index contributed by atoms with van der Waals surface area (Å²) in [4.78, 5) is 6.40. The Morgan fingerprint density at radius 1 is 1.06 bits per heavy atom. The topological polar surface area (TPSA) is 78.7 Å². The third kappa shape index (κ3) is 4.20. The van der Waals surface area contributed by atoms with Crippen LogP contribution in [0.1, 0.15) is 29.9 Å². The van der Waals surface area contributed by atoms with Crippen LogP contribution in [0.2, 0.25) is 0 Å². The van der Waals surface area contributed by atoms with Gasteiger partial charge in [-0.1, -0.05) is 54.1 Å². The van der Waals surface area contributed by atoms with Gasteiger partial charge in [0.1, 0.15) is 0 Å². The number of rotatable bonds is 5. The van der Waals surface area contributed by atoms with Crippen LogP contribution in [-0.2, 0) is 17.1 Å². The van der Waals surface area contributed by atoms with E-state index in [1.165, 1.54) is 17.5 Å². The second-order valence-electron chi connectivity index (χ2n) is 9.52. The number of benzene rings is 2. The number of fused-ring (bicyclic) bond motifs is 1. The summed E-state index contributed by atoms with van der Waals surface area (Å²) in [7, 11) is -1.89. The van der Waals surface area contributed by atoms with Gasteiger partial charge in [-0.3, -0.25) is 4.90 Å². The third-order valence-electron chi connectivity index (χ3n) is 7.27. The second-order valence-corrected chi connectivity index (χ2v) is 11.4. The van der Waals surface area contributed by atoms with Crippen molar-refractivity contribution in [3.63, 3.8) is 0 Å². The molecule has 3 heterocycles. The third-order valence-corrected chi connectivity index (χ3v) is 9.02. The molecule has 0 unspecified atom stereocenters. The number of aromatic nitrogens is 2. The van der Waals surface area contributed by atoms with E-state index in [1.807, 2.05) is 0 Å². The van der Waals surface area contributed by atoms with Crippen LogP contribution in [0.3, 0.4) is 0 Å². The summed E-state index contributed by atoms with van der Waals surface area (Å²) >= 11 is 0. The summed E-state index contributed by atoms with van der Waals surface area (Å²) in [5.74, 6) is 0.0797. The fourth-order valence-corrected chi connectivity index (χ4v) is 6.97. The number of hydrogen-bond acceptors (Lipinski definition) is 5. The minimum Gasteiger partial charge on any atom is -0.395 e. The van der Waals surface area contributed by atoms with Crippen molar-refractivity contribution in [2.24, 2.45) is 7.05 Å². The number of aryl methyl sites for hydroxylation is 2. The highest BCUT2D eigenvalue weighted by Crippen LogP contribution is 2.43. The molecular weight excluding hydrogens is 448 g/mol. The minimum absolute atomic E-state index is 0.00678. The zero-order valence-electron chi connectivity index (χ0n) is 19.7. The predicted molar refractivity (Wildman–Crippen MR) is 132 cm³/mol. The summed E-state index contributed by atoms with van der Waals surface area (Å²) in [5.41, 5.74) is 4.70. The Kier molecular flexibility index (Phi) is 6.33. The molecule has 7 nitrogen and oxygen atoms in total. The number of hydrogen-bond donors (Lipinski definition) is 1. The van der Waals surface area contributed by atoms with Gasteiger partial charge in [0.05, 0.1) is 12.9 Å². The molecule has 2 aliphatic rings. The fraction of sp³-hybridized carbons (Fsp3) is 0.423. The van der Waals surface area contributed by atoms with Gasteiger partial charge < -0.3 is 9.67 Å². The highest BCUT2D eigenvalue weighted by atomic mass is 32.2. The molecule has 5 rings (SSSR count). The summed E-state index contributed by atoms with van der Waals surface area (Å²) in [6.45, 7) is 3.93. The van der Waals surface area contributed by atoms with E-state index in [-0.39, 0.29) is 29.6 Å². The number of nitrogens with zero attached hydrogens (tertiary/aromatic N) is 4. The average Bonchev–Trinajstić information content (AvgIpc) is 3.25. The minimum atomic E-state index is -3.67. The van der Waals surface area contributed by atoms with Gasteiger partial charge in [0.25, 0.3) is 10.0 Å². The molecule has 1 aromatic heterocycles. The van der Waals surface area contributed by atoms with Crippen molar-refractivity contribution in [2.45, 2.75) is 42.8 Å². The molecule has 8 heteroatoms. The van der Waals surface area contributed by atoms with Crippen molar-refractivity contribution in [3.8, 4) is 11.1 Å². The van der Waals surface area contributed by atoms with Gasteiger partial charge in [0.15, 0.2) is 5.03 Å². The molecule has 3 aromatic rings. The fourth-order valence-electron chi connectivity index (χ4n) is 5.50. The number of imidazole rings is 1. The quantitative estimate of drug-likeness (QED) is 0.607. The summed E-state index contributed by atoms with van der Waals surface area (Å²) in [6, 6.07) is 17.0. The molecule has 0 radical (unpaired) electrons. The standard InChI is InChI=1S/C26H32N4O3S/c1-19-6-5-7-22(14-19)20-8-10-21(11-9-20)26-23-15-29(12-3-4-13-30(23)24(26)17-31)34(32,33)25-16-28(2)18-27-25/h5-11,14,16,18,23-24,26,31H,3-4,12-13,15,17H2,1-2H3/t23-,24-,26+/m0/s1. The van der Waals surface area contributed by atoms with Crippen LogP contribution >= 0.6 is 0 Å². The summed E-state index contributed by atoms with van der Waals surface area (Å²) in [6.07, 6.45) is 4.78. The SMILES string of the molecule is Cc1cccc(-c2ccc([C@H]3[C@H](CO)N4CCCCN(S(=O)(=O)c5cn(C)cn5)C[C@@H]34)cc2)c1. The summed E-state index contributed by atoms with van der Waals surface area (Å²) in [5, 5.41) is 10.3. The number of aliphatic hydroxyl groups excluding tert-OH is 1. The summed E-state index contributed by atoms with van der Waals surface area (Å²) < 4.78 is 29.9. The first-order chi connectivity index (χ1) is 16.4. The molecule has 2 saturated heterocycles. The molecule has 0 amide bonds. The molecule has 180 valence electrons. The molecule has 2 fully saturated rings. The molecule has 0 aliphatic carbocycles. The van der Waals surface area contributed by atoms with Crippen LogP contribution in [0.4, 0.5) is 0 Å². The number of aliphatic hydroxyl groups is 1. The van der Waals surface area contributed by atoms with Gasteiger partial charge in [-0.2, -0.15) is 4.31 Å². The van der Waals surface area contributed by atoms with Crippen molar-refractivity contribution in [3.05, 3.63) is 72.2 Å². The van der Waals surface area contributed by atoms with Crippen molar-refractivity contribution in [1.82, 2.24) is 18.8 Å². The van der Waals surface area contributed by atoms with Crippen LogP contribution < -0.4 is 0 Å². The zero-order chi connectivity index (χ0) is 23.9. The van der Waals surface area contributed by atoms with Gasteiger partial charge >= 0.3 is 0 Å². The van der Waals surface area contributed by atoms with Crippen molar-refractivity contribution in [1.29, 1.82) is 0 Å². The van der Waals surface area contributed by atoms with E-state index in [0.717, 1.165) is 30.5 Å². The van der Waals surface area contributed by atoms with E-state index >= 15 is 0 Å². The van der Waals surface area contributed by atoms with Crippen molar-refractivity contribution < 1.29 is 13.5 Å². The molecule has 2 aliphatic heterocycles. The van der Waals surface area contributed by atoms with E-state index in [4.69, 9.17) is 0 Å². The zero-order valence-corrected chi connectivity index (χ0v) is 20.5. The van der Waals surface area contributed by atoms with Gasteiger partial charge in [-0.05, 0) is 43.0 Å². The lowest BCUT2D eigenvalue weighted by molar-refractivity contribution is -0.0554. The molecule has 0 saturated carbocycles. The molecule has 0 bridgehead atoms. The Morgan fingerprint density at radius 3 is 2.50 bits per heavy atom. The molecule has 0 spiro atoms. The molecule has 3 atom stereocenters. The Balaban J connectivity index is 1.42. The van der Waals surface area contributed by atoms with Crippen molar-refractivity contribution in [2.75, 3.05) is 26.2 Å². The Morgan fingerprint density at radius 2 is 1.82 bits per heavy atom. The van der Waals surface area contributed by atoms with Crippen molar-refractivity contribution >= 4 is 10.0 Å². The van der Waals surface area contributed by atoms with Crippen LogP contribution in [0.15, 0.2) is 66.1 Å². The maximum atomic E-state index is 13.3. The van der Waals surface area contributed by atoms with Gasteiger partial charge in [-0.15, -0.1) is 0 Å². The van der Waals surface area contributed by atoms with Crippen LogP contribution in [0.25, 0.3) is 11.1 Å². The largest absolute Gasteiger partial charge is 0.395 e. The highest BCUT2D eigenvalue weighted by molar-refractivity contribution is 7.89. The van der Waals surface area contributed by atoms with E-state index in [9.17, 15) is 13.5 Å². The van der Waals surface area contributed by atoms with Gasteiger partial charge in [-0.25, -0.2) is 13.4 Å². The lowest BCUT2D eigenvalue weighted by atomic mass is 9.74. The Hall–Kier alpha value is -2.52. The average molecular weight is 481 g/mol. The molecule has 34 heavy (non-hydrogen) atoms. The van der Waals surface area contributed by atoms with E-state index in [2.05, 4.69) is 65.3 Å². The first-order valence-electron chi connectivity index (χ1n) is 11.9. The Labute approximate surface area is 201 Å². The van der Waals surface area contributed by atoms with Crippen LogP contribution in [0, 0.1) is 6.92 Å². The monoisotopic (exact) mass is 480 g/mol. The maximum Gasteiger partial charge on any atom is 0.262 e. The van der Waals surface area contributed by atoms with Gasteiger partial charge in [0, 0.05) is 44.3 Å². The van der Waals surface area contributed by atoms with E-state index in [0.29, 0.717) is 13.1 Å². The first kappa shape index (κ1) is 23.2. The normalized spacial score (nSPS) is 24.1. The number of sulfonamides is 1. The lowest BCUT2D eigenvalue weighted by Crippen LogP contribution is -2.67. The maximum absolute atomic E-state index is 13.3. The van der Waals surface area contributed by atoms with Crippen LogP contribution in [0.5, 0.6) is 0 Å².